The molecule has 0 atom stereocenters. The van der Waals surface area contributed by atoms with Gasteiger partial charge in [0, 0.05) is 6.20 Å². The lowest BCUT2D eigenvalue weighted by molar-refractivity contribution is 0.0678. The summed E-state index contributed by atoms with van der Waals surface area (Å²) in [5, 5.41) is 12.1. The van der Waals surface area contributed by atoms with Gasteiger partial charge < -0.3 is 4.74 Å². The Morgan fingerprint density at radius 1 is 1.57 bits per heavy atom. The first-order valence-corrected chi connectivity index (χ1v) is 3.86. The van der Waals surface area contributed by atoms with Gasteiger partial charge in [-0.05, 0) is 18.2 Å². The van der Waals surface area contributed by atoms with Crippen LogP contribution in [0.1, 0.15) is 10.5 Å². The van der Waals surface area contributed by atoms with Crippen LogP contribution in [0.4, 0.5) is 0 Å². The molecule has 0 aromatic carbocycles. The monoisotopic (exact) mass is 187 g/mol. The Hall–Kier alpha value is -2.35. The number of fused-ring (bicyclic) bond motifs is 1. The number of carbonyl (C=O) groups is 1. The summed E-state index contributed by atoms with van der Waals surface area (Å²) in [7, 11) is 0. The number of hydrogen-bond donors (Lipinski definition) is 0. The summed E-state index contributed by atoms with van der Waals surface area (Å²) in [4.78, 5) is 11.1. The molecule has 2 aromatic rings. The van der Waals surface area contributed by atoms with Crippen LogP contribution in [0.25, 0.3) is 5.52 Å². The van der Waals surface area contributed by atoms with Crippen LogP contribution in [0.5, 0.6) is 0 Å². The highest BCUT2D eigenvalue weighted by Crippen LogP contribution is 2.06. The molecule has 0 unspecified atom stereocenters. The Bertz CT molecular complexity index is 491. The summed E-state index contributed by atoms with van der Waals surface area (Å²) >= 11 is 0. The van der Waals surface area contributed by atoms with Crippen molar-refractivity contribution >= 4 is 11.5 Å². The van der Waals surface area contributed by atoms with Crippen molar-refractivity contribution in [2.45, 2.75) is 0 Å². The van der Waals surface area contributed by atoms with Gasteiger partial charge in [0.2, 0.25) is 0 Å². The summed E-state index contributed by atoms with van der Waals surface area (Å²) in [6.45, 7) is 0. The maximum absolute atomic E-state index is 11.1. The third-order valence-corrected chi connectivity index (χ3v) is 1.72. The summed E-state index contributed by atoms with van der Waals surface area (Å²) in [6.07, 6.45) is 3.02. The molecular weight excluding hydrogens is 182 g/mol. The number of nitrogens with zero attached hydrogens (tertiary/aromatic N) is 3. The molecule has 2 rings (SSSR count). The van der Waals surface area contributed by atoms with Crippen molar-refractivity contribution < 1.29 is 9.53 Å². The Labute approximate surface area is 79.1 Å². The SMILES string of the molecule is N#COC(=O)c1cc2ccccn2n1. The predicted octanol–water partition coefficient (Wildman–Crippen LogP) is 0.972. The number of pyridine rings is 1. The molecule has 0 spiro atoms. The lowest BCUT2D eigenvalue weighted by Gasteiger charge is -1.88. The van der Waals surface area contributed by atoms with Gasteiger partial charge in [0.15, 0.2) is 5.69 Å². The van der Waals surface area contributed by atoms with Crippen LogP contribution in [0, 0.1) is 11.5 Å². The van der Waals surface area contributed by atoms with E-state index in [0.29, 0.717) is 0 Å². The van der Waals surface area contributed by atoms with Gasteiger partial charge in [0.1, 0.15) is 0 Å². The first-order chi connectivity index (χ1) is 6.81. The van der Waals surface area contributed by atoms with E-state index >= 15 is 0 Å². The molecule has 2 aromatic heterocycles. The quantitative estimate of drug-likeness (QED) is 0.492. The molecule has 5 heteroatoms. The average molecular weight is 187 g/mol. The molecular formula is C9H5N3O2. The Kier molecular flexibility index (Phi) is 1.88. The lowest BCUT2D eigenvalue weighted by atomic mass is 10.3. The van der Waals surface area contributed by atoms with Crippen LogP contribution in [0.15, 0.2) is 30.5 Å². The highest BCUT2D eigenvalue weighted by Gasteiger charge is 2.11. The Balaban J connectivity index is 2.46. The van der Waals surface area contributed by atoms with E-state index < -0.39 is 5.97 Å². The largest absolute Gasteiger partial charge is 0.374 e. The number of aromatic nitrogens is 2. The molecule has 0 aliphatic rings. The Morgan fingerprint density at radius 3 is 3.14 bits per heavy atom. The molecule has 0 saturated carbocycles. The highest BCUT2D eigenvalue weighted by molar-refractivity contribution is 5.89. The van der Waals surface area contributed by atoms with E-state index in [4.69, 9.17) is 5.26 Å². The lowest BCUT2D eigenvalue weighted by Crippen LogP contribution is -2.01. The molecule has 0 amide bonds. The Morgan fingerprint density at radius 2 is 2.43 bits per heavy atom. The molecule has 0 saturated heterocycles. The summed E-state index contributed by atoms with van der Waals surface area (Å²) < 4.78 is 5.68. The van der Waals surface area contributed by atoms with Crippen LogP contribution in [-0.4, -0.2) is 15.6 Å². The summed E-state index contributed by atoms with van der Waals surface area (Å²) in [5.41, 5.74) is 0.898. The molecule has 2 heterocycles. The molecule has 0 N–H and O–H groups in total. The zero-order chi connectivity index (χ0) is 9.97. The van der Waals surface area contributed by atoms with E-state index in [0.717, 1.165) is 5.52 Å². The van der Waals surface area contributed by atoms with Crippen LogP contribution in [0.3, 0.4) is 0 Å². The van der Waals surface area contributed by atoms with Crippen LogP contribution < -0.4 is 0 Å². The molecule has 0 fully saturated rings. The minimum atomic E-state index is -0.740. The van der Waals surface area contributed by atoms with Crippen molar-refractivity contribution in [3.8, 4) is 6.26 Å². The van der Waals surface area contributed by atoms with Crippen LogP contribution in [-0.2, 0) is 4.74 Å². The van der Waals surface area contributed by atoms with Crippen molar-refractivity contribution in [1.82, 2.24) is 9.61 Å². The smallest absolute Gasteiger partial charge is 0.346 e. The van der Waals surface area contributed by atoms with Gasteiger partial charge in [-0.25, -0.2) is 9.31 Å². The van der Waals surface area contributed by atoms with Crippen molar-refractivity contribution in [2.24, 2.45) is 0 Å². The van der Waals surface area contributed by atoms with E-state index in [2.05, 4.69) is 9.84 Å². The average Bonchev–Trinajstić information content (AvgIpc) is 2.61. The summed E-state index contributed by atoms with van der Waals surface area (Å²) in [6, 6.07) is 6.98. The third kappa shape index (κ3) is 1.29. The van der Waals surface area contributed by atoms with Crippen molar-refractivity contribution in [3.05, 3.63) is 36.2 Å². The van der Waals surface area contributed by atoms with Gasteiger partial charge >= 0.3 is 5.97 Å². The second-order valence-electron chi connectivity index (χ2n) is 2.58. The van der Waals surface area contributed by atoms with E-state index in [1.54, 1.807) is 24.4 Å². The second-order valence-corrected chi connectivity index (χ2v) is 2.58. The number of esters is 1. The zero-order valence-corrected chi connectivity index (χ0v) is 7.04. The first-order valence-electron chi connectivity index (χ1n) is 3.86. The fourth-order valence-corrected chi connectivity index (χ4v) is 1.13. The minimum Gasteiger partial charge on any atom is -0.346 e. The van der Waals surface area contributed by atoms with Crippen LogP contribution in [0.2, 0.25) is 0 Å². The molecule has 5 nitrogen and oxygen atoms in total. The van der Waals surface area contributed by atoms with Gasteiger partial charge in [-0.2, -0.15) is 5.10 Å². The highest BCUT2D eigenvalue weighted by atomic mass is 16.5. The van der Waals surface area contributed by atoms with Gasteiger partial charge in [-0.1, -0.05) is 6.07 Å². The number of rotatable bonds is 1. The molecule has 0 aliphatic heterocycles. The zero-order valence-electron chi connectivity index (χ0n) is 7.04. The standard InChI is InChI=1S/C9H5N3O2/c10-6-14-9(13)8-5-7-3-1-2-4-12(7)11-8/h1-5H. The predicted molar refractivity (Wildman–Crippen MR) is 46.2 cm³/mol. The topological polar surface area (TPSA) is 67.4 Å². The molecule has 68 valence electrons. The van der Waals surface area contributed by atoms with E-state index in [9.17, 15) is 4.79 Å². The minimum absolute atomic E-state index is 0.123. The van der Waals surface area contributed by atoms with Crippen molar-refractivity contribution in [1.29, 1.82) is 5.26 Å². The normalized spacial score (nSPS) is 9.64. The summed E-state index contributed by atoms with van der Waals surface area (Å²) in [5.74, 6) is -0.740. The fraction of sp³-hybridized carbons (Fsp3) is 0. The number of hydrogen-bond acceptors (Lipinski definition) is 4. The van der Waals surface area contributed by atoms with E-state index in [1.165, 1.54) is 10.8 Å². The molecule has 0 bridgehead atoms. The number of carbonyl (C=O) groups excluding carboxylic acids is 1. The number of nitriles is 1. The third-order valence-electron chi connectivity index (χ3n) is 1.72. The van der Waals surface area contributed by atoms with Gasteiger partial charge in [0.25, 0.3) is 6.26 Å². The van der Waals surface area contributed by atoms with Crippen molar-refractivity contribution in [2.75, 3.05) is 0 Å². The molecule has 0 radical (unpaired) electrons. The number of ether oxygens (including phenoxy) is 1. The van der Waals surface area contributed by atoms with Gasteiger partial charge in [-0.3, -0.25) is 0 Å². The molecule has 14 heavy (non-hydrogen) atoms. The molecule has 0 aliphatic carbocycles. The van der Waals surface area contributed by atoms with Crippen LogP contribution >= 0.6 is 0 Å². The van der Waals surface area contributed by atoms with Crippen molar-refractivity contribution in [3.63, 3.8) is 0 Å². The fourth-order valence-electron chi connectivity index (χ4n) is 1.13. The maximum Gasteiger partial charge on any atom is 0.374 e. The van der Waals surface area contributed by atoms with Gasteiger partial charge in [0.05, 0.1) is 5.52 Å². The van der Waals surface area contributed by atoms with E-state index in [1.807, 2.05) is 6.07 Å². The maximum atomic E-state index is 11.1. The van der Waals surface area contributed by atoms with E-state index in [-0.39, 0.29) is 5.69 Å². The first kappa shape index (κ1) is 8.26. The van der Waals surface area contributed by atoms with Gasteiger partial charge in [-0.15, -0.1) is 5.26 Å². The second kappa shape index (κ2) is 3.18.